The van der Waals surface area contributed by atoms with Crippen LogP contribution >= 0.6 is 11.3 Å². The molecule has 6 nitrogen and oxygen atoms in total. The highest BCUT2D eigenvalue weighted by atomic mass is 32.1. The molecular weight excluding hydrogens is 264 g/mol. The number of nitrogens with zero attached hydrogens (tertiary/aromatic N) is 4. The monoisotopic (exact) mass is 280 g/mol. The van der Waals surface area contributed by atoms with Crippen LogP contribution in [0.4, 0.5) is 10.9 Å². The molecule has 0 amide bonds. The fourth-order valence-corrected chi connectivity index (χ4v) is 3.19. The van der Waals surface area contributed by atoms with Crippen LogP contribution in [-0.2, 0) is 9.47 Å². The largest absolute Gasteiger partial charge is 0.378 e. The lowest BCUT2D eigenvalue weighted by Crippen LogP contribution is -2.37. The van der Waals surface area contributed by atoms with E-state index < -0.39 is 0 Å². The summed E-state index contributed by atoms with van der Waals surface area (Å²) in [4.78, 5) is 9.70. The summed E-state index contributed by atoms with van der Waals surface area (Å²) in [5.74, 6) is 0.817. The van der Waals surface area contributed by atoms with Gasteiger partial charge in [-0.25, -0.2) is 4.98 Å². The van der Waals surface area contributed by atoms with Crippen molar-refractivity contribution < 1.29 is 9.47 Å². The van der Waals surface area contributed by atoms with E-state index in [1.165, 1.54) is 11.3 Å². The lowest BCUT2D eigenvalue weighted by Gasteiger charge is -2.28. The van der Waals surface area contributed by atoms with Crippen molar-refractivity contribution in [2.45, 2.75) is 0 Å². The van der Waals surface area contributed by atoms with Crippen molar-refractivity contribution in [1.82, 2.24) is 4.98 Å². The number of hydrogen-bond acceptors (Lipinski definition) is 7. The molecule has 3 heterocycles. The normalized spacial score (nSPS) is 20.4. The van der Waals surface area contributed by atoms with Gasteiger partial charge in [0.1, 0.15) is 6.07 Å². The fraction of sp³-hybridized carbons (Fsp3) is 0.667. The first kappa shape index (κ1) is 12.7. The molecular formula is C12H16N4O2S. The molecule has 0 bridgehead atoms. The Kier molecular flexibility index (Phi) is 3.82. The molecule has 0 atom stereocenters. The van der Waals surface area contributed by atoms with E-state index in [0.717, 1.165) is 50.3 Å². The Morgan fingerprint density at radius 2 is 1.58 bits per heavy atom. The van der Waals surface area contributed by atoms with Crippen molar-refractivity contribution in [3.8, 4) is 6.07 Å². The second-order valence-electron chi connectivity index (χ2n) is 4.46. The molecule has 7 heteroatoms. The van der Waals surface area contributed by atoms with E-state index in [2.05, 4.69) is 20.9 Å². The third-order valence-electron chi connectivity index (χ3n) is 3.29. The van der Waals surface area contributed by atoms with E-state index in [1.54, 1.807) is 0 Å². The number of morpholine rings is 2. The number of rotatable bonds is 2. The van der Waals surface area contributed by atoms with Crippen molar-refractivity contribution in [3.63, 3.8) is 0 Å². The Morgan fingerprint density at radius 1 is 1.00 bits per heavy atom. The second kappa shape index (κ2) is 5.74. The zero-order chi connectivity index (χ0) is 13.1. The van der Waals surface area contributed by atoms with Gasteiger partial charge < -0.3 is 19.3 Å². The maximum atomic E-state index is 9.28. The van der Waals surface area contributed by atoms with E-state index in [1.807, 2.05) is 0 Å². The summed E-state index contributed by atoms with van der Waals surface area (Å²) < 4.78 is 10.7. The molecule has 19 heavy (non-hydrogen) atoms. The number of anilines is 2. The van der Waals surface area contributed by atoms with Crippen LogP contribution in [0.15, 0.2) is 0 Å². The minimum atomic E-state index is 0.698. The molecule has 3 rings (SSSR count). The fourth-order valence-electron chi connectivity index (χ4n) is 2.25. The van der Waals surface area contributed by atoms with Gasteiger partial charge in [-0.05, 0) is 0 Å². The third-order valence-corrected chi connectivity index (χ3v) is 4.30. The van der Waals surface area contributed by atoms with Gasteiger partial charge in [0.05, 0.1) is 26.4 Å². The number of aromatic nitrogens is 1. The lowest BCUT2D eigenvalue weighted by atomic mass is 10.4. The van der Waals surface area contributed by atoms with Crippen LogP contribution in [0, 0.1) is 11.3 Å². The van der Waals surface area contributed by atoms with Crippen LogP contribution in [0.25, 0.3) is 0 Å². The summed E-state index contributed by atoms with van der Waals surface area (Å²) in [6, 6.07) is 2.27. The first-order chi connectivity index (χ1) is 9.38. The maximum Gasteiger partial charge on any atom is 0.188 e. The third kappa shape index (κ3) is 2.66. The van der Waals surface area contributed by atoms with Gasteiger partial charge in [-0.3, -0.25) is 0 Å². The predicted octanol–water partition coefficient (Wildman–Crippen LogP) is 0.688. The highest BCUT2D eigenvalue weighted by Gasteiger charge is 2.23. The highest BCUT2D eigenvalue weighted by molar-refractivity contribution is 7.16. The molecule has 0 radical (unpaired) electrons. The molecule has 0 aromatic carbocycles. The molecule has 0 unspecified atom stereocenters. The quantitative estimate of drug-likeness (QED) is 0.794. The van der Waals surface area contributed by atoms with Crippen LogP contribution in [0.3, 0.4) is 0 Å². The second-order valence-corrected chi connectivity index (χ2v) is 5.44. The van der Waals surface area contributed by atoms with Gasteiger partial charge in [-0.2, -0.15) is 5.26 Å². The Hall–Kier alpha value is -1.36. The van der Waals surface area contributed by atoms with Gasteiger partial charge in [0.15, 0.2) is 15.8 Å². The zero-order valence-electron chi connectivity index (χ0n) is 10.7. The summed E-state index contributed by atoms with van der Waals surface area (Å²) in [6.07, 6.45) is 0. The predicted molar refractivity (Wildman–Crippen MR) is 72.9 cm³/mol. The Labute approximate surface area is 116 Å². The van der Waals surface area contributed by atoms with Crippen LogP contribution in [-0.4, -0.2) is 57.6 Å². The Morgan fingerprint density at radius 3 is 2.16 bits per heavy atom. The maximum absolute atomic E-state index is 9.28. The Bertz CT molecular complexity index is 473. The van der Waals surface area contributed by atoms with Crippen molar-refractivity contribution in [3.05, 3.63) is 4.88 Å². The minimum Gasteiger partial charge on any atom is -0.378 e. The van der Waals surface area contributed by atoms with Gasteiger partial charge in [0.25, 0.3) is 0 Å². The summed E-state index contributed by atoms with van der Waals surface area (Å²) in [7, 11) is 0. The number of thiazole rings is 1. The average molecular weight is 280 g/mol. The molecule has 0 saturated carbocycles. The zero-order valence-corrected chi connectivity index (χ0v) is 11.5. The highest BCUT2D eigenvalue weighted by Crippen LogP contribution is 2.32. The van der Waals surface area contributed by atoms with Gasteiger partial charge >= 0.3 is 0 Å². The van der Waals surface area contributed by atoms with Gasteiger partial charge in [-0.1, -0.05) is 11.3 Å². The summed E-state index contributed by atoms with van der Waals surface area (Å²) >= 11 is 1.48. The molecule has 0 aliphatic carbocycles. The standard InChI is InChI=1S/C12H16N4O2S/c13-9-10-11(15-1-5-17-6-2-15)14-12(19-10)16-3-7-18-8-4-16/h1-8H2. The molecule has 0 spiro atoms. The van der Waals surface area contributed by atoms with Crippen LogP contribution in [0.5, 0.6) is 0 Å². The molecule has 1 aromatic rings. The van der Waals surface area contributed by atoms with E-state index >= 15 is 0 Å². The van der Waals surface area contributed by atoms with E-state index in [0.29, 0.717) is 18.1 Å². The molecule has 1 aromatic heterocycles. The topological polar surface area (TPSA) is 61.6 Å². The first-order valence-corrected chi connectivity index (χ1v) is 7.26. The van der Waals surface area contributed by atoms with E-state index in [9.17, 15) is 5.26 Å². The van der Waals surface area contributed by atoms with Crippen LogP contribution in [0.2, 0.25) is 0 Å². The van der Waals surface area contributed by atoms with Crippen molar-refractivity contribution in [2.75, 3.05) is 62.4 Å². The van der Waals surface area contributed by atoms with Crippen molar-refractivity contribution in [2.24, 2.45) is 0 Å². The van der Waals surface area contributed by atoms with Crippen molar-refractivity contribution >= 4 is 22.3 Å². The molecule has 0 N–H and O–H groups in total. The first-order valence-electron chi connectivity index (χ1n) is 6.45. The molecule has 102 valence electrons. The molecule has 2 aliphatic rings. The number of ether oxygens (including phenoxy) is 2. The van der Waals surface area contributed by atoms with Crippen LogP contribution in [0.1, 0.15) is 4.88 Å². The molecule has 2 fully saturated rings. The van der Waals surface area contributed by atoms with Crippen LogP contribution < -0.4 is 9.80 Å². The SMILES string of the molecule is N#Cc1sc(N2CCOCC2)nc1N1CCOCC1. The Balaban J connectivity index is 1.83. The minimum absolute atomic E-state index is 0.698. The van der Waals surface area contributed by atoms with Gasteiger partial charge in [-0.15, -0.1) is 0 Å². The summed E-state index contributed by atoms with van der Waals surface area (Å²) in [5, 5.41) is 10.2. The van der Waals surface area contributed by atoms with Gasteiger partial charge in [0.2, 0.25) is 0 Å². The average Bonchev–Trinajstić information content (AvgIpc) is 2.93. The number of hydrogen-bond donors (Lipinski definition) is 0. The number of nitriles is 1. The molecule has 2 aliphatic heterocycles. The molecule has 2 saturated heterocycles. The van der Waals surface area contributed by atoms with E-state index in [4.69, 9.17) is 9.47 Å². The smallest absolute Gasteiger partial charge is 0.188 e. The summed E-state index contributed by atoms with van der Waals surface area (Å²) in [6.45, 7) is 6.18. The van der Waals surface area contributed by atoms with E-state index in [-0.39, 0.29) is 0 Å². The van der Waals surface area contributed by atoms with Crippen molar-refractivity contribution in [1.29, 1.82) is 5.26 Å². The van der Waals surface area contributed by atoms with Gasteiger partial charge in [0, 0.05) is 26.2 Å². The lowest BCUT2D eigenvalue weighted by molar-refractivity contribution is 0.122. The summed E-state index contributed by atoms with van der Waals surface area (Å²) in [5.41, 5.74) is 0.